The molecule has 0 aromatic heterocycles. The lowest BCUT2D eigenvalue weighted by molar-refractivity contribution is -0.149. The third-order valence-electron chi connectivity index (χ3n) is 4.38. The van der Waals surface area contributed by atoms with Crippen LogP contribution in [0.1, 0.15) is 47.5 Å². The molecule has 1 aliphatic heterocycles. The van der Waals surface area contributed by atoms with Gasteiger partial charge in [-0.1, -0.05) is 13.8 Å². The van der Waals surface area contributed by atoms with Crippen LogP contribution in [0.2, 0.25) is 0 Å². The standard InChI is InChI=1S/C15H22O4/c1-10(16)6-7-15-13(3,4)8-12(18-11(2)17)9-14(15,5)19-15/h6-7,12H,8-9H2,1-5H3/b7-6+. The van der Waals surface area contributed by atoms with E-state index in [1.54, 1.807) is 6.08 Å². The van der Waals surface area contributed by atoms with Crippen LogP contribution in [0.25, 0.3) is 0 Å². The second-order valence-electron chi connectivity index (χ2n) is 6.54. The molecule has 0 aromatic rings. The zero-order valence-electron chi connectivity index (χ0n) is 12.3. The van der Waals surface area contributed by atoms with E-state index in [-0.39, 0.29) is 28.9 Å². The third kappa shape index (κ3) is 2.22. The molecular formula is C15H22O4. The topological polar surface area (TPSA) is 55.9 Å². The zero-order valence-corrected chi connectivity index (χ0v) is 12.3. The van der Waals surface area contributed by atoms with E-state index in [1.807, 2.05) is 13.0 Å². The Balaban J connectivity index is 2.23. The van der Waals surface area contributed by atoms with Crippen LogP contribution in [0, 0.1) is 5.41 Å². The Kier molecular flexibility index (Phi) is 3.13. The summed E-state index contributed by atoms with van der Waals surface area (Å²) in [6, 6.07) is 0. The predicted molar refractivity (Wildman–Crippen MR) is 70.6 cm³/mol. The van der Waals surface area contributed by atoms with E-state index >= 15 is 0 Å². The molecule has 1 heterocycles. The zero-order chi connectivity index (χ0) is 14.5. The van der Waals surface area contributed by atoms with Gasteiger partial charge in [0.15, 0.2) is 5.78 Å². The van der Waals surface area contributed by atoms with E-state index in [0.717, 1.165) is 6.42 Å². The summed E-state index contributed by atoms with van der Waals surface area (Å²) in [5, 5.41) is 0. The quantitative estimate of drug-likeness (QED) is 0.447. The lowest BCUT2D eigenvalue weighted by Crippen LogP contribution is -2.47. The lowest BCUT2D eigenvalue weighted by Gasteiger charge is -2.40. The number of carbonyl (C=O) groups excluding carboxylic acids is 2. The van der Waals surface area contributed by atoms with Gasteiger partial charge in [0.1, 0.15) is 17.3 Å². The van der Waals surface area contributed by atoms with E-state index in [0.29, 0.717) is 6.42 Å². The summed E-state index contributed by atoms with van der Waals surface area (Å²) < 4.78 is 11.3. The molecule has 0 amide bonds. The molecule has 106 valence electrons. The van der Waals surface area contributed by atoms with Crippen molar-refractivity contribution in [3.63, 3.8) is 0 Å². The molecule has 0 spiro atoms. The molecule has 4 heteroatoms. The van der Waals surface area contributed by atoms with Gasteiger partial charge in [0.25, 0.3) is 0 Å². The minimum atomic E-state index is -0.414. The maximum atomic E-state index is 11.2. The highest BCUT2D eigenvalue weighted by Crippen LogP contribution is 2.66. The highest BCUT2D eigenvalue weighted by molar-refractivity contribution is 5.87. The molecule has 2 aliphatic rings. The lowest BCUT2D eigenvalue weighted by atomic mass is 9.63. The SMILES string of the molecule is CC(=O)/C=C/C12OC1(C)CC(OC(C)=O)CC2(C)C. The van der Waals surface area contributed by atoms with E-state index in [9.17, 15) is 9.59 Å². The van der Waals surface area contributed by atoms with Gasteiger partial charge < -0.3 is 9.47 Å². The molecule has 0 N–H and O–H groups in total. The molecule has 1 saturated heterocycles. The van der Waals surface area contributed by atoms with Gasteiger partial charge in [0, 0.05) is 18.8 Å². The van der Waals surface area contributed by atoms with Crippen LogP contribution >= 0.6 is 0 Å². The van der Waals surface area contributed by atoms with Crippen LogP contribution in [0.15, 0.2) is 12.2 Å². The number of hydrogen-bond donors (Lipinski definition) is 0. The maximum Gasteiger partial charge on any atom is 0.302 e. The van der Waals surface area contributed by atoms with E-state index in [1.165, 1.54) is 13.8 Å². The van der Waals surface area contributed by atoms with Gasteiger partial charge in [-0.2, -0.15) is 0 Å². The van der Waals surface area contributed by atoms with Gasteiger partial charge in [-0.15, -0.1) is 0 Å². The number of epoxide rings is 1. The summed E-state index contributed by atoms with van der Waals surface area (Å²) in [6.45, 7) is 9.18. The number of hydrogen-bond acceptors (Lipinski definition) is 4. The molecule has 3 atom stereocenters. The molecule has 19 heavy (non-hydrogen) atoms. The number of allylic oxidation sites excluding steroid dienone is 1. The average Bonchev–Trinajstić information content (AvgIpc) is 2.80. The molecule has 1 saturated carbocycles. The summed E-state index contributed by atoms with van der Waals surface area (Å²) in [5.74, 6) is -0.234. The van der Waals surface area contributed by atoms with Crippen LogP contribution in [0.3, 0.4) is 0 Å². The number of ketones is 1. The van der Waals surface area contributed by atoms with Gasteiger partial charge in [0.05, 0.1) is 0 Å². The maximum absolute atomic E-state index is 11.2. The average molecular weight is 266 g/mol. The van der Waals surface area contributed by atoms with E-state index in [4.69, 9.17) is 9.47 Å². The van der Waals surface area contributed by atoms with E-state index in [2.05, 4.69) is 13.8 Å². The first-order valence-electron chi connectivity index (χ1n) is 6.69. The van der Waals surface area contributed by atoms with Crippen molar-refractivity contribution >= 4 is 11.8 Å². The minimum absolute atomic E-state index is 0.0186. The summed E-state index contributed by atoms with van der Waals surface area (Å²) in [6.07, 6.45) is 4.78. The van der Waals surface area contributed by atoms with Crippen molar-refractivity contribution < 1.29 is 19.1 Å². The molecular weight excluding hydrogens is 244 g/mol. The third-order valence-corrected chi connectivity index (χ3v) is 4.38. The Bertz CT molecular complexity index is 451. The normalized spacial score (nSPS) is 39.7. The Morgan fingerprint density at radius 2 is 1.84 bits per heavy atom. The number of esters is 1. The Morgan fingerprint density at radius 1 is 1.21 bits per heavy atom. The Labute approximate surface area is 114 Å². The van der Waals surface area contributed by atoms with Crippen molar-refractivity contribution in [2.24, 2.45) is 5.41 Å². The van der Waals surface area contributed by atoms with Crippen molar-refractivity contribution in [3.8, 4) is 0 Å². The summed E-state index contributed by atoms with van der Waals surface area (Å²) in [7, 11) is 0. The van der Waals surface area contributed by atoms with Gasteiger partial charge >= 0.3 is 5.97 Å². The largest absolute Gasteiger partial charge is 0.462 e. The second-order valence-corrected chi connectivity index (χ2v) is 6.54. The van der Waals surface area contributed by atoms with Gasteiger partial charge in [-0.3, -0.25) is 9.59 Å². The Morgan fingerprint density at radius 3 is 2.32 bits per heavy atom. The smallest absolute Gasteiger partial charge is 0.302 e. The summed E-state index contributed by atoms with van der Waals surface area (Å²) in [5.41, 5.74) is -0.935. The molecule has 1 aliphatic carbocycles. The molecule has 0 bridgehead atoms. The fourth-order valence-corrected chi connectivity index (χ4v) is 3.59. The van der Waals surface area contributed by atoms with Crippen LogP contribution in [0.5, 0.6) is 0 Å². The summed E-state index contributed by atoms with van der Waals surface area (Å²) >= 11 is 0. The van der Waals surface area contributed by atoms with Crippen LogP contribution in [-0.4, -0.2) is 29.1 Å². The minimum Gasteiger partial charge on any atom is -0.462 e. The van der Waals surface area contributed by atoms with Crippen molar-refractivity contribution in [1.82, 2.24) is 0 Å². The number of carbonyl (C=O) groups is 2. The first-order chi connectivity index (χ1) is 8.62. The van der Waals surface area contributed by atoms with Crippen LogP contribution in [-0.2, 0) is 19.1 Å². The molecule has 4 nitrogen and oxygen atoms in total. The summed E-state index contributed by atoms with van der Waals surface area (Å²) in [4.78, 5) is 22.3. The highest BCUT2D eigenvalue weighted by atomic mass is 16.6. The van der Waals surface area contributed by atoms with Gasteiger partial charge in [-0.05, 0) is 32.4 Å². The second kappa shape index (κ2) is 4.17. The first-order valence-corrected chi connectivity index (χ1v) is 6.69. The molecule has 3 unspecified atom stereocenters. The fraction of sp³-hybridized carbons (Fsp3) is 0.733. The van der Waals surface area contributed by atoms with Crippen molar-refractivity contribution in [2.45, 2.75) is 64.8 Å². The van der Waals surface area contributed by atoms with Crippen molar-refractivity contribution in [3.05, 3.63) is 12.2 Å². The number of rotatable bonds is 3. The highest BCUT2D eigenvalue weighted by Gasteiger charge is 2.75. The van der Waals surface area contributed by atoms with Crippen molar-refractivity contribution in [1.29, 1.82) is 0 Å². The van der Waals surface area contributed by atoms with Gasteiger partial charge in [0.2, 0.25) is 0 Å². The Hall–Kier alpha value is -1.16. The molecule has 2 rings (SSSR count). The predicted octanol–water partition coefficient (Wildman–Crippen LogP) is 2.41. The molecule has 0 aromatic carbocycles. The van der Waals surface area contributed by atoms with Gasteiger partial charge in [-0.25, -0.2) is 0 Å². The fourth-order valence-electron chi connectivity index (χ4n) is 3.59. The molecule has 0 radical (unpaired) electrons. The van der Waals surface area contributed by atoms with Crippen molar-refractivity contribution in [2.75, 3.05) is 0 Å². The first kappa shape index (κ1) is 14.3. The number of ether oxygens (including phenoxy) is 2. The van der Waals surface area contributed by atoms with E-state index < -0.39 is 5.60 Å². The monoisotopic (exact) mass is 266 g/mol. The molecule has 2 fully saturated rings. The van der Waals surface area contributed by atoms with Crippen LogP contribution < -0.4 is 0 Å². The van der Waals surface area contributed by atoms with Crippen LogP contribution in [0.4, 0.5) is 0 Å². The number of fused-ring (bicyclic) bond motifs is 1.